The number of imidazole rings is 1. The van der Waals surface area contributed by atoms with Gasteiger partial charge >= 0.3 is 5.69 Å². The normalized spacial score (nSPS) is 10.9. The third-order valence-electron chi connectivity index (χ3n) is 2.92. The Labute approximate surface area is 118 Å². The van der Waals surface area contributed by atoms with E-state index in [1.165, 1.54) is 0 Å². The zero-order valence-electron chi connectivity index (χ0n) is 9.56. The molecular weight excluding hydrogens is 339 g/mol. The predicted molar refractivity (Wildman–Crippen MR) is 80.8 cm³/mol. The first kappa shape index (κ1) is 11.5. The average Bonchev–Trinajstić information content (AvgIpc) is 2.66. The van der Waals surface area contributed by atoms with E-state index < -0.39 is 0 Å². The third kappa shape index (κ3) is 2.08. The first-order valence-corrected chi connectivity index (χ1v) is 6.74. The van der Waals surface area contributed by atoms with Gasteiger partial charge in [-0.05, 0) is 46.4 Å². The van der Waals surface area contributed by atoms with Crippen LogP contribution >= 0.6 is 22.6 Å². The van der Waals surface area contributed by atoms with Gasteiger partial charge in [-0.25, -0.2) is 4.79 Å². The molecule has 0 radical (unpaired) electrons. The molecule has 0 unspecified atom stereocenters. The maximum absolute atomic E-state index is 12.0. The molecule has 18 heavy (non-hydrogen) atoms. The molecule has 3 nitrogen and oxygen atoms in total. The molecule has 0 aliphatic rings. The molecule has 0 aliphatic carbocycles. The van der Waals surface area contributed by atoms with Crippen molar-refractivity contribution in [3.05, 3.63) is 68.1 Å². The Bertz CT molecular complexity index is 743. The number of hydrogen-bond donors (Lipinski definition) is 1. The molecule has 1 N–H and O–H groups in total. The van der Waals surface area contributed by atoms with E-state index in [9.17, 15) is 4.79 Å². The smallest absolute Gasteiger partial charge is 0.305 e. The van der Waals surface area contributed by atoms with Crippen LogP contribution in [0.5, 0.6) is 0 Å². The number of rotatable bonds is 2. The molecule has 3 rings (SSSR count). The summed E-state index contributed by atoms with van der Waals surface area (Å²) in [6.07, 6.45) is 0. The summed E-state index contributed by atoms with van der Waals surface area (Å²) in [7, 11) is 0. The van der Waals surface area contributed by atoms with Crippen molar-refractivity contribution in [2.45, 2.75) is 6.54 Å². The van der Waals surface area contributed by atoms with Crippen LogP contribution in [0, 0.1) is 3.57 Å². The maximum atomic E-state index is 12.0. The van der Waals surface area contributed by atoms with Crippen molar-refractivity contribution in [1.29, 1.82) is 0 Å². The highest BCUT2D eigenvalue weighted by Gasteiger charge is 2.07. The fourth-order valence-corrected chi connectivity index (χ4v) is 2.55. The van der Waals surface area contributed by atoms with Crippen LogP contribution in [0.1, 0.15) is 5.56 Å². The van der Waals surface area contributed by atoms with Gasteiger partial charge in [-0.2, -0.15) is 0 Å². The van der Waals surface area contributed by atoms with Crippen molar-refractivity contribution in [1.82, 2.24) is 9.55 Å². The topological polar surface area (TPSA) is 37.8 Å². The van der Waals surface area contributed by atoms with Crippen molar-refractivity contribution in [2.24, 2.45) is 0 Å². The highest BCUT2D eigenvalue weighted by Crippen LogP contribution is 2.15. The summed E-state index contributed by atoms with van der Waals surface area (Å²) in [5.74, 6) is 0. The molecule has 0 saturated heterocycles. The van der Waals surface area contributed by atoms with Crippen molar-refractivity contribution in [3.8, 4) is 0 Å². The Kier molecular flexibility index (Phi) is 2.95. The maximum Gasteiger partial charge on any atom is 0.326 e. The zero-order chi connectivity index (χ0) is 12.5. The lowest BCUT2D eigenvalue weighted by molar-refractivity contribution is 0.787. The first-order chi connectivity index (χ1) is 8.74. The van der Waals surface area contributed by atoms with E-state index in [1.807, 2.05) is 48.5 Å². The van der Waals surface area contributed by atoms with E-state index in [4.69, 9.17) is 0 Å². The van der Waals surface area contributed by atoms with E-state index >= 15 is 0 Å². The molecule has 0 atom stereocenters. The van der Waals surface area contributed by atoms with Gasteiger partial charge in [-0.1, -0.05) is 30.3 Å². The molecule has 2 aromatic carbocycles. The molecule has 0 spiro atoms. The summed E-state index contributed by atoms with van der Waals surface area (Å²) in [5.41, 5.74) is 2.90. The number of aromatic amines is 1. The van der Waals surface area contributed by atoms with Gasteiger partial charge in [-0.15, -0.1) is 0 Å². The van der Waals surface area contributed by atoms with Crippen LogP contribution in [-0.2, 0) is 6.54 Å². The van der Waals surface area contributed by atoms with Crippen molar-refractivity contribution in [3.63, 3.8) is 0 Å². The van der Waals surface area contributed by atoms with Gasteiger partial charge in [0.25, 0.3) is 0 Å². The van der Waals surface area contributed by atoms with Crippen LogP contribution in [0.25, 0.3) is 11.0 Å². The van der Waals surface area contributed by atoms with E-state index in [1.54, 1.807) is 4.57 Å². The van der Waals surface area contributed by atoms with Gasteiger partial charge in [0.15, 0.2) is 0 Å². The molecule has 0 fully saturated rings. The zero-order valence-corrected chi connectivity index (χ0v) is 11.7. The lowest BCUT2D eigenvalue weighted by Crippen LogP contribution is -2.17. The second-order valence-electron chi connectivity index (χ2n) is 4.16. The largest absolute Gasteiger partial charge is 0.326 e. The lowest BCUT2D eigenvalue weighted by atomic mass is 10.2. The molecular formula is C14H11IN2O. The second kappa shape index (κ2) is 4.61. The quantitative estimate of drug-likeness (QED) is 0.709. The lowest BCUT2D eigenvalue weighted by Gasteiger charge is -2.03. The fraction of sp³-hybridized carbons (Fsp3) is 0.0714. The minimum atomic E-state index is -0.0594. The van der Waals surface area contributed by atoms with Gasteiger partial charge in [0.05, 0.1) is 17.6 Å². The van der Waals surface area contributed by atoms with Crippen molar-refractivity contribution < 1.29 is 0 Å². The molecule has 0 aliphatic heterocycles. The van der Waals surface area contributed by atoms with Crippen molar-refractivity contribution in [2.75, 3.05) is 0 Å². The first-order valence-electron chi connectivity index (χ1n) is 5.66. The summed E-state index contributed by atoms with van der Waals surface area (Å²) in [5, 5.41) is 0. The van der Waals surface area contributed by atoms with Crippen LogP contribution in [0.2, 0.25) is 0 Å². The highest BCUT2D eigenvalue weighted by atomic mass is 127. The van der Waals surface area contributed by atoms with Gasteiger partial charge in [0.2, 0.25) is 0 Å². The molecule has 0 amide bonds. The SMILES string of the molecule is O=c1[nH]c2cc(I)ccc2n1Cc1ccccc1. The Hall–Kier alpha value is -1.56. The summed E-state index contributed by atoms with van der Waals surface area (Å²) in [4.78, 5) is 14.8. The van der Waals surface area contributed by atoms with Crippen LogP contribution in [0.3, 0.4) is 0 Å². The Morgan fingerprint density at radius 3 is 2.67 bits per heavy atom. The van der Waals surface area contributed by atoms with Crippen LogP contribution in [0.4, 0.5) is 0 Å². The summed E-state index contributed by atoms with van der Waals surface area (Å²) in [6, 6.07) is 16.0. The number of nitrogens with zero attached hydrogens (tertiary/aromatic N) is 1. The molecule has 0 saturated carbocycles. The van der Waals surface area contributed by atoms with Crippen LogP contribution < -0.4 is 5.69 Å². The number of benzene rings is 2. The minimum absolute atomic E-state index is 0.0594. The molecule has 0 bridgehead atoms. The number of halogens is 1. The van der Waals surface area contributed by atoms with Gasteiger partial charge < -0.3 is 4.98 Å². The highest BCUT2D eigenvalue weighted by molar-refractivity contribution is 14.1. The minimum Gasteiger partial charge on any atom is -0.305 e. The number of fused-ring (bicyclic) bond motifs is 1. The molecule has 90 valence electrons. The third-order valence-corrected chi connectivity index (χ3v) is 3.59. The Morgan fingerprint density at radius 2 is 1.89 bits per heavy atom. The van der Waals surface area contributed by atoms with Gasteiger partial charge in [0.1, 0.15) is 0 Å². The van der Waals surface area contributed by atoms with E-state index in [2.05, 4.69) is 27.6 Å². The van der Waals surface area contributed by atoms with E-state index in [0.717, 1.165) is 20.2 Å². The predicted octanol–water partition coefficient (Wildman–Crippen LogP) is 2.98. The van der Waals surface area contributed by atoms with E-state index in [0.29, 0.717) is 6.54 Å². The Morgan fingerprint density at radius 1 is 1.11 bits per heavy atom. The van der Waals surface area contributed by atoms with Crippen LogP contribution in [0.15, 0.2) is 53.3 Å². The molecule has 4 heteroatoms. The van der Waals surface area contributed by atoms with Gasteiger partial charge in [-0.3, -0.25) is 4.57 Å². The number of H-pyrrole nitrogens is 1. The molecule has 1 aromatic heterocycles. The standard InChI is InChI=1S/C14H11IN2O/c15-11-6-7-13-12(8-11)16-14(18)17(13)9-10-4-2-1-3-5-10/h1-8H,9H2,(H,16,18). The van der Waals surface area contributed by atoms with E-state index in [-0.39, 0.29) is 5.69 Å². The van der Waals surface area contributed by atoms with Crippen LogP contribution in [-0.4, -0.2) is 9.55 Å². The van der Waals surface area contributed by atoms with Crippen molar-refractivity contribution >= 4 is 33.6 Å². The summed E-state index contributed by atoms with van der Waals surface area (Å²) >= 11 is 2.24. The second-order valence-corrected chi connectivity index (χ2v) is 5.41. The molecule has 3 aromatic rings. The average molecular weight is 350 g/mol. The number of hydrogen-bond acceptors (Lipinski definition) is 1. The monoisotopic (exact) mass is 350 g/mol. The molecule has 1 heterocycles. The fourth-order valence-electron chi connectivity index (χ4n) is 2.06. The summed E-state index contributed by atoms with van der Waals surface area (Å²) in [6.45, 7) is 0.597. The number of aromatic nitrogens is 2. The summed E-state index contributed by atoms with van der Waals surface area (Å²) < 4.78 is 2.88. The Balaban J connectivity index is 2.12. The number of nitrogens with one attached hydrogen (secondary N) is 1. The van der Waals surface area contributed by atoms with Gasteiger partial charge in [0, 0.05) is 3.57 Å².